The van der Waals surface area contributed by atoms with Gasteiger partial charge in [0.2, 0.25) is 0 Å². The van der Waals surface area contributed by atoms with E-state index in [2.05, 4.69) is 6.92 Å². The van der Waals surface area contributed by atoms with Crippen LogP contribution >= 0.6 is 0 Å². The lowest BCUT2D eigenvalue weighted by molar-refractivity contribution is 0.0466. The summed E-state index contributed by atoms with van der Waals surface area (Å²) in [4.78, 5) is 14.4. The number of benzene rings is 1. The molecule has 0 bridgehead atoms. The van der Waals surface area contributed by atoms with E-state index in [0.717, 1.165) is 38.0 Å². The number of hydrogen-bond acceptors (Lipinski definition) is 3. The summed E-state index contributed by atoms with van der Waals surface area (Å²) >= 11 is 0. The number of nitrogens with zero attached hydrogens (tertiary/aromatic N) is 1. The van der Waals surface area contributed by atoms with Gasteiger partial charge >= 0.3 is 0 Å². The van der Waals surface area contributed by atoms with Crippen molar-refractivity contribution in [3.63, 3.8) is 0 Å². The fourth-order valence-corrected chi connectivity index (χ4v) is 2.80. The zero-order valence-electron chi connectivity index (χ0n) is 13.6. The highest BCUT2D eigenvalue weighted by molar-refractivity contribution is 5.94. The first kappa shape index (κ1) is 16.8. The van der Waals surface area contributed by atoms with Crippen molar-refractivity contribution in [1.82, 2.24) is 4.90 Å². The number of unbranched alkanes of at least 4 members (excludes halogenated alkanes) is 1. The van der Waals surface area contributed by atoms with Gasteiger partial charge in [-0.3, -0.25) is 4.79 Å². The summed E-state index contributed by atoms with van der Waals surface area (Å²) in [6, 6.07) is 7.38. The molecule has 1 fully saturated rings. The van der Waals surface area contributed by atoms with Crippen LogP contribution < -0.4 is 4.74 Å². The fourth-order valence-electron chi connectivity index (χ4n) is 2.80. The van der Waals surface area contributed by atoms with Gasteiger partial charge in [0.15, 0.2) is 0 Å². The maximum absolute atomic E-state index is 12.5. The molecule has 1 aliphatic rings. The van der Waals surface area contributed by atoms with E-state index in [1.54, 1.807) is 6.92 Å². The molecule has 2 unspecified atom stereocenters. The molecule has 1 saturated heterocycles. The smallest absolute Gasteiger partial charge is 0.253 e. The highest BCUT2D eigenvalue weighted by Gasteiger charge is 2.26. The predicted octanol–water partition coefficient (Wildman–Crippen LogP) is 3.10. The molecule has 1 aromatic rings. The number of piperidine rings is 1. The van der Waals surface area contributed by atoms with Crippen LogP contribution in [0.2, 0.25) is 0 Å². The van der Waals surface area contributed by atoms with E-state index < -0.39 is 0 Å². The molecule has 1 N–H and O–H groups in total. The maximum atomic E-state index is 12.5. The lowest BCUT2D eigenvalue weighted by Crippen LogP contribution is -2.42. The van der Waals surface area contributed by atoms with Crippen molar-refractivity contribution in [2.45, 2.75) is 45.6 Å². The number of amides is 1. The maximum Gasteiger partial charge on any atom is 0.253 e. The lowest BCUT2D eigenvalue weighted by Gasteiger charge is -2.34. The number of aliphatic hydroxyl groups excluding tert-OH is 1. The molecule has 1 aromatic carbocycles. The highest BCUT2D eigenvalue weighted by Crippen LogP contribution is 2.22. The molecule has 0 saturated carbocycles. The van der Waals surface area contributed by atoms with E-state index in [4.69, 9.17) is 4.74 Å². The molecular formula is C18H27NO3. The Morgan fingerprint density at radius 3 is 2.77 bits per heavy atom. The third kappa shape index (κ3) is 4.47. The number of rotatable bonds is 6. The molecule has 22 heavy (non-hydrogen) atoms. The summed E-state index contributed by atoms with van der Waals surface area (Å²) in [5.41, 5.74) is 0.689. The topological polar surface area (TPSA) is 49.8 Å². The monoisotopic (exact) mass is 305 g/mol. The van der Waals surface area contributed by atoms with Crippen LogP contribution in [0.3, 0.4) is 0 Å². The van der Waals surface area contributed by atoms with E-state index in [9.17, 15) is 9.90 Å². The largest absolute Gasteiger partial charge is 0.494 e. The summed E-state index contributed by atoms with van der Waals surface area (Å²) in [7, 11) is 0. The van der Waals surface area contributed by atoms with Crippen molar-refractivity contribution in [3.05, 3.63) is 29.8 Å². The quantitative estimate of drug-likeness (QED) is 0.822. The average Bonchev–Trinajstić information content (AvgIpc) is 2.55. The summed E-state index contributed by atoms with van der Waals surface area (Å²) in [5.74, 6) is 1.05. The van der Waals surface area contributed by atoms with Crippen molar-refractivity contribution in [2.24, 2.45) is 5.92 Å². The Kier molecular flexibility index (Phi) is 6.25. The van der Waals surface area contributed by atoms with Crippen LogP contribution in [0.4, 0.5) is 0 Å². The van der Waals surface area contributed by atoms with Crippen LogP contribution in [0.5, 0.6) is 5.75 Å². The van der Waals surface area contributed by atoms with Crippen LogP contribution in [-0.4, -0.2) is 41.7 Å². The predicted molar refractivity (Wildman–Crippen MR) is 87.2 cm³/mol. The summed E-state index contributed by atoms with van der Waals surface area (Å²) in [6.07, 6.45) is 3.74. The number of carbonyl (C=O) groups is 1. The van der Waals surface area contributed by atoms with Crippen molar-refractivity contribution in [3.8, 4) is 5.75 Å². The lowest BCUT2D eigenvalue weighted by atomic mass is 9.93. The van der Waals surface area contributed by atoms with Gasteiger partial charge < -0.3 is 14.7 Å². The molecule has 0 aromatic heterocycles. The van der Waals surface area contributed by atoms with Crippen molar-refractivity contribution in [2.75, 3.05) is 19.7 Å². The van der Waals surface area contributed by atoms with E-state index in [0.29, 0.717) is 18.7 Å². The van der Waals surface area contributed by atoms with E-state index >= 15 is 0 Å². The summed E-state index contributed by atoms with van der Waals surface area (Å²) in [6.45, 7) is 6.07. The Hall–Kier alpha value is -1.55. The SMILES string of the molecule is CCCCOc1ccc(C(=O)N2CCCC(C(C)O)C2)cc1. The van der Waals surface area contributed by atoms with Crippen LogP contribution in [0.25, 0.3) is 0 Å². The minimum absolute atomic E-state index is 0.0467. The fraction of sp³-hybridized carbons (Fsp3) is 0.611. The number of carbonyl (C=O) groups excluding carboxylic acids is 1. The zero-order chi connectivity index (χ0) is 15.9. The molecule has 0 aliphatic carbocycles. The number of hydrogen-bond donors (Lipinski definition) is 1. The third-order valence-electron chi connectivity index (χ3n) is 4.30. The van der Waals surface area contributed by atoms with Gasteiger partial charge in [-0.2, -0.15) is 0 Å². The van der Waals surface area contributed by atoms with Gasteiger partial charge in [0.25, 0.3) is 5.91 Å². The van der Waals surface area contributed by atoms with Gasteiger partial charge in [0, 0.05) is 24.6 Å². The second kappa shape index (κ2) is 8.18. The number of ether oxygens (including phenoxy) is 1. The summed E-state index contributed by atoms with van der Waals surface area (Å²) in [5, 5.41) is 9.73. The van der Waals surface area contributed by atoms with Crippen molar-refractivity contribution >= 4 is 5.91 Å². The Morgan fingerprint density at radius 2 is 2.14 bits per heavy atom. The minimum atomic E-state index is -0.357. The molecule has 4 nitrogen and oxygen atoms in total. The molecule has 122 valence electrons. The van der Waals surface area contributed by atoms with E-state index in [1.165, 1.54) is 0 Å². The van der Waals surface area contributed by atoms with Gasteiger partial charge in [-0.1, -0.05) is 13.3 Å². The molecule has 1 heterocycles. The molecule has 2 rings (SSSR count). The molecule has 0 spiro atoms. The first-order valence-corrected chi connectivity index (χ1v) is 8.32. The van der Waals surface area contributed by atoms with Crippen LogP contribution in [0.15, 0.2) is 24.3 Å². The second-order valence-corrected chi connectivity index (χ2v) is 6.12. The normalized spacial score (nSPS) is 19.8. The van der Waals surface area contributed by atoms with Crippen molar-refractivity contribution < 1.29 is 14.6 Å². The van der Waals surface area contributed by atoms with Gasteiger partial charge in [-0.15, -0.1) is 0 Å². The minimum Gasteiger partial charge on any atom is -0.494 e. The number of likely N-dealkylation sites (tertiary alicyclic amines) is 1. The van der Waals surface area contributed by atoms with Crippen molar-refractivity contribution in [1.29, 1.82) is 0 Å². The number of aliphatic hydroxyl groups is 1. The highest BCUT2D eigenvalue weighted by atomic mass is 16.5. The van der Waals surface area contributed by atoms with Gasteiger partial charge in [-0.25, -0.2) is 0 Å². The molecule has 2 atom stereocenters. The summed E-state index contributed by atoms with van der Waals surface area (Å²) < 4.78 is 5.62. The van der Waals surface area contributed by atoms with Crippen LogP contribution in [0, 0.1) is 5.92 Å². The van der Waals surface area contributed by atoms with Gasteiger partial charge in [0.05, 0.1) is 12.7 Å². The van der Waals surface area contributed by atoms with Crippen LogP contribution in [0.1, 0.15) is 49.9 Å². The molecule has 1 amide bonds. The average molecular weight is 305 g/mol. The van der Waals surface area contributed by atoms with E-state index in [-0.39, 0.29) is 17.9 Å². The Balaban J connectivity index is 1.94. The molecule has 4 heteroatoms. The molecular weight excluding hydrogens is 278 g/mol. The first-order valence-electron chi connectivity index (χ1n) is 8.32. The standard InChI is InChI=1S/C18H27NO3/c1-3-4-12-22-17-9-7-15(8-10-17)18(21)19-11-5-6-16(13-19)14(2)20/h7-10,14,16,20H,3-6,11-13H2,1-2H3. The molecule has 0 radical (unpaired) electrons. The first-order chi connectivity index (χ1) is 10.6. The van der Waals surface area contributed by atoms with Crippen LogP contribution in [-0.2, 0) is 0 Å². The van der Waals surface area contributed by atoms with Gasteiger partial charge in [-0.05, 0) is 50.5 Å². The van der Waals surface area contributed by atoms with E-state index in [1.807, 2.05) is 29.2 Å². The van der Waals surface area contributed by atoms with Gasteiger partial charge in [0.1, 0.15) is 5.75 Å². The third-order valence-corrected chi connectivity index (χ3v) is 4.30. The molecule has 1 aliphatic heterocycles. The Labute approximate surface area is 133 Å². The zero-order valence-corrected chi connectivity index (χ0v) is 13.6. The Bertz CT molecular complexity index is 470. The second-order valence-electron chi connectivity index (χ2n) is 6.12. The Morgan fingerprint density at radius 1 is 1.41 bits per heavy atom.